The Morgan fingerprint density at radius 2 is 2.05 bits per heavy atom. The zero-order chi connectivity index (χ0) is 14.1. The molecule has 1 aromatic carbocycles. The molecule has 2 bridgehead atoms. The third-order valence-electron chi connectivity index (χ3n) is 4.26. The Morgan fingerprint density at radius 1 is 1.35 bits per heavy atom. The lowest BCUT2D eigenvalue weighted by Crippen LogP contribution is -2.25. The molecule has 3 rings (SSSR count). The molecule has 0 saturated carbocycles. The van der Waals surface area contributed by atoms with Crippen molar-refractivity contribution in [1.29, 1.82) is 5.26 Å². The molecule has 2 aliphatic rings. The van der Waals surface area contributed by atoms with Gasteiger partial charge < -0.3 is 4.74 Å². The summed E-state index contributed by atoms with van der Waals surface area (Å²) in [5, 5.41) is 10.3. The number of nitriles is 1. The maximum Gasteiger partial charge on any atom is 0.169 e. The molecule has 2 unspecified atom stereocenters. The van der Waals surface area contributed by atoms with Gasteiger partial charge in [0.05, 0.1) is 24.3 Å². The van der Waals surface area contributed by atoms with E-state index in [1.165, 1.54) is 12.8 Å². The Kier molecular flexibility index (Phi) is 3.71. The second kappa shape index (κ2) is 5.49. The van der Waals surface area contributed by atoms with Crippen molar-refractivity contribution in [2.45, 2.75) is 36.2 Å². The average Bonchev–Trinajstić information content (AvgIpc) is 2.84. The summed E-state index contributed by atoms with van der Waals surface area (Å²) in [6.45, 7) is 0. The molecule has 20 heavy (non-hydrogen) atoms. The van der Waals surface area contributed by atoms with Crippen LogP contribution in [0.4, 0.5) is 0 Å². The molecule has 0 radical (unpaired) electrons. The molecule has 4 heteroatoms. The Bertz CT molecular complexity index is 566. The highest BCUT2D eigenvalue weighted by Gasteiger charge is 2.38. The van der Waals surface area contributed by atoms with Crippen molar-refractivity contribution in [2.75, 3.05) is 7.11 Å². The number of methoxy groups -OCH3 is 1. The van der Waals surface area contributed by atoms with E-state index in [-0.39, 0.29) is 11.7 Å². The van der Waals surface area contributed by atoms with Gasteiger partial charge in [0.15, 0.2) is 5.78 Å². The highest BCUT2D eigenvalue weighted by molar-refractivity contribution is 8.00. The van der Waals surface area contributed by atoms with Crippen LogP contribution in [0.5, 0.6) is 5.75 Å². The van der Waals surface area contributed by atoms with E-state index in [0.29, 0.717) is 27.4 Å². The van der Waals surface area contributed by atoms with Crippen molar-refractivity contribution in [1.82, 2.24) is 0 Å². The summed E-state index contributed by atoms with van der Waals surface area (Å²) in [5.41, 5.74) is 1.09. The molecule has 2 fully saturated rings. The number of carbonyl (C=O) groups is 1. The van der Waals surface area contributed by atoms with E-state index in [0.717, 1.165) is 12.8 Å². The van der Waals surface area contributed by atoms with Gasteiger partial charge in [-0.3, -0.25) is 4.79 Å². The van der Waals surface area contributed by atoms with Crippen molar-refractivity contribution >= 4 is 17.5 Å². The second-order valence-electron chi connectivity index (χ2n) is 5.52. The van der Waals surface area contributed by atoms with Crippen molar-refractivity contribution in [3.05, 3.63) is 29.3 Å². The Morgan fingerprint density at radius 3 is 2.65 bits per heavy atom. The second-order valence-corrected chi connectivity index (χ2v) is 7.12. The topological polar surface area (TPSA) is 50.1 Å². The minimum Gasteiger partial charge on any atom is -0.496 e. The zero-order valence-electron chi connectivity index (χ0n) is 11.5. The van der Waals surface area contributed by atoms with Gasteiger partial charge in [0.2, 0.25) is 0 Å². The molecule has 1 aromatic rings. The lowest BCUT2D eigenvalue weighted by atomic mass is 9.89. The highest BCUT2D eigenvalue weighted by atomic mass is 32.2. The van der Waals surface area contributed by atoms with Gasteiger partial charge in [-0.05, 0) is 43.9 Å². The van der Waals surface area contributed by atoms with E-state index in [4.69, 9.17) is 10.00 Å². The standard InChI is InChI=1S/C16H17NO2S/c1-19-15-5-2-10(9-17)6-14(15)16(18)11-7-12-3-4-13(8-11)20-12/h2,5-6,11-13H,3-4,7-8H2,1H3. The molecular formula is C16H17NO2S. The first kappa shape index (κ1) is 13.5. The number of ketones is 1. The Balaban J connectivity index is 1.88. The van der Waals surface area contributed by atoms with E-state index in [1.807, 2.05) is 0 Å². The normalized spacial score (nSPS) is 27.9. The summed E-state index contributed by atoms with van der Waals surface area (Å²) < 4.78 is 5.29. The van der Waals surface area contributed by atoms with Crippen molar-refractivity contribution in [2.24, 2.45) is 5.92 Å². The maximum atomic E-state index is 12.8. The molecule has 3 nitrogen and oxygen atoms in total. The van der Waals surface area contributed by atoms with Crippen molar-refractivity contribution in [3.8, 4) is 11.8 Å². The minimum absolute atomic E-state index is 0.0941. The molecule has 0 spiro atoms. The van der Waals surface area contributed by atoms with Gasteiger partial charge in [-0.25, -0.2) is 0 Å². The van der Waals surface area contributed by atoms with Crippen molar-refractivity contribution in [3.63, 3.8) is 0 Å². The van der Waals surface area contributed by atoms with Crippen LogP contribution < -0.4 is 4.74 Å². The molecule has 0 N–H and O–H groups in total. The van der Waals surface area contributed by atoms with Crippen molar-refractivity contribution < 1.29 is 9.53 Å². The van der Waals surface area contributed by atoms with E-state index in [9.17, 15) is 4.79 Å². The number of rotatable bonds is 3. The van der Waals surface area contributed by atoms with Crippen LogP contribution in [-0.2, 0) is 0 Å². The SMILES string of the molecule is COc1ccc(C#N)cc1C(=O)C1CC2CCC(C1)S2. The van der Waals surface area contributed by atoms with Crippen LogP contribution in [0.2, 0.25) is 0 Å². The van der Waals surface area contributed by atoms with Crippen LogP contribution in [0, 0.1) is 17.2 Å². The molecule has 0 aliphatic carbocycles. The monoisotopic (exact) mass is 287 g/mol. The molecule has 104 valence electrons. The lowest BCUT2D eigenvalue weighted by molar-refractivity contribution is 0.0903. The summed E-state index contributed by atoms with van der Waals surface area (Å²) in [6.07, 6.45) is 4.43. The molecule has 0 aromatic heterocycles. The number of Topliss-reactive ketones (excluding diaryl/α,β-unsaturated/α-hetero) is 1. The molecule has 2 saturated heterocycles. The number of carbonyl (C=O) groups excluding carboxylic acids is 1. The molecular weight excluding hydrogens is 270 g/mol. The van der Waals surface area contributed by atoms with Gasteiger partial charge in [0, 0.05) is 16.4 Å². The third-order valence-corrected chi connectivity index (χ3v) is 5.88. The molecule has 2 atom stereocenters. The lowest BCUT2D eigenvalue weighted by Gasteiger charge is -2.26. The summed E-state index contributed by atoms with van der Waals surface area (Å²) >= 11 is 2.05. The van der Waals surface area contributed by atoms with Crippen LogP contribution in [-0.4, -0.2) is 23.4 Å². The smallest absolute Gasteiger partial charge is 0.169 e. The predicted octanol–water partition coefficient (Wildman–Crippen LogP) is 3.42. The van der Waals surface area contributed by atoms with Gasteiger partial charge in [0.1, 0.15) is 5.75 Å². The fourth-order valence-corrected chi connectivity index (χ4v) is 5.04. The Labute approximate surface area is 123 Å². The van der Waals surface area contributed by atoms with Crippen LogP contribution in [0.15, 0.2) is 18.2 Å². The number of ether oxygens (including phenoxy) is 1. The first-order valence-corrected chi connectivity index (χ1v) is 7.93. The van der Waals surface area contributed by atoms with Crippen LogP contribution in [0.25, 0.3) is 0 Å². The summed E-state index contributed by atoms with van der Waals surface area (Å²) in [7, 11) is 1.57. The van der Waals surface area contributed by atoms with Crippen LogP contribution in [0.3, 0.4) is 0 Å². The fourth-order valence-electron chi connectivity index (χ4n) is 3.26. The number of benzene rings is 1. The molecule has 0 amide bonds. The maximum absolute atomic E-state index is 12.8. The predicted molar refractivity (Wildman–Crippen MR) is 79.2 cm³/mol. The van der Waals surface area contributed by atoms with Gasteiger partial charge >= 0.3 is 0 Å². The van der Waals surface area contributed by atoms with Gasteiger partial charge in [-0.15, -0.1) is 0 Å². The first-order chi connectivity index (χ1) is 9.71. The van der Waals surface area contributed by atoms with Crippen LogP contribution >= 0.6 is 11.8 Å². The van der Waals surface area contributed by atoms with Gasteiger partial charge in [0.25, 0.3) is 0 Å². The van der Waals surface area contributed by atoms with E-state index in [1.54, 1.807) is 25.3 Å². The highest BCUT2D eigenvalue weighted by Crippen LogP contribution is 2.47. The number of nitrogens with zero attached hydrogens (tertiary/aromatic N) is 1. The largest absolute Gasteiger partial charge is 0.496 e. The first-order valence-electron chi connectivity index (χ1n) is 6.99. The number of hydrogen-bond acceptors (Lipinski definition) is 4. The van der Waals surface area contributed by atoms with E-state index < -0.39 is 0 Å². The number of thioether (sulfide) groups is 1. The van der Waals surface area contributed by atoms with Gasteiger partial charge in [-0.2, -0.15) is 17.0 Å². The molecule has 2 aliphatic heterocycles. The van der Waals surface area contributed by atoms with Gasteiger partial charge in [-0.1, -0.05) is 0 Å². The van der Waals surface area contributed by atoms with Crippen LogP contribution in [0.1, 0.15) is 41.6 Å². The summed E-state index contributed by atoms with van der Waals surface area (Å²) in [5.74, 6) is 0.826. The van der Waals surface area contributed by atoms with E-state index in [2.05, 4.69) is 17.8 Å². The third kappa shape index (κ3) is 2.43. The quantitative estimate of drug-likeness (QED) is 0.799. The Hall–Kier alpha value is -1.47. The zero-order valence-corrected chi connectivity index (χ0v) is 12.3. The summed E-state index contributed by atoms with van der Waals surface area (Å²) in [6, 6.07) is 7.18. The average molecular weight is 287 g/mol. The fraction of sp³-hybridized carbons (Fsp3) is 0.500. The summed E-state index contributed by atoms with van der Waals surface area (Å²) in [4.78, 5) is 12.8. The van der Waals surface area contributed by atoms with E-state index >= 15 is 0 Å². The minimum atomic E-state index is 0.0941. The molecule has 2 heterocycles. The number of hydrogen-bond donors (Lipinski definition) is 0. The number of fused-ring (bicyclic) bond motifs is 2.